The van der Waals surface area contributed by atoms with Gasteiger partial charge in [-0.3, -0.25) is 14.8 Å². The van der Waals surface area contributed by atoms with Crippen LogP contribution in [-0.4, -0.2) is 33.7 Å². The van der Waals surface area contributed by atoms with Crippen molar-refractivity contribution in [2.45, 2.75) is 32.7 Å². The fourth-order valence-corrected chi connectivity index (χ4v) is 3.86. The lowest BCUT2D eigenvalue weighted by Gasteiger charge is -2.41. The summed E-state index contributed by atoms with van der Waals surface area (Å²) in [6, 6.07) is 13.3. The Balaban J connectivity index is 1.74. The molecule has 3 rings (SSSR count). The normalized spacial score (nSPS) is 15.9. The largest absolute Gasteiger partial charge is 0.375 e. The van der Waals surface area contributed by atoms with Crippen molar-refractivity contribution in [3.8, 4) is 11.1 Å². The summed E-state index contributed by atoms with van der Waals surface area (Å²) in [4.78, 5) is 27.1. The van der Waals surface area contributed by atoms with Crippen LogP contribution < -0.4 is 11.0 Å². The number of benzene rings is 1. The van der Waals surface area contributed by atoms with Gasteiger partial charge in [0.25, 0.3) is 5.56 Å². The minimum atomic E-state index is -0.682. The number of hydroxylamine groups is 1. The summed E-state index contributed by atoms with van der Waals surface area (Å²) < 4.78 is 1.63. The number of likely N-dealkylation sites (tertiary alicyclic amines) is 1. The maximum absolute atomic E-state index is 12.6. The third-order valence-corrected chi connectivity index (χ3v) is 5.78. The van der Waals surface area contributed by atoms with Gasteiger partial charge in [0, 0.05) is 37.6 Å². The first kappa shape index (κ1) is 19.9. The molecule has 2 heterocycles. The van der Waals surface area contributed by atoms with Crippen LogP contribution in [-0.2, 0) is 11.3 Å². The van der Waals surface area contributed by atoms with E-state index in [-0.39, 0.29) is 11.5 Å². The molecule has 1 amide bonds. The summed E-state index contributed by atoms with van der Waals surface area (Å²) >= 11 is 0. The van der Waals surface area contributed by atoms with E-state index in [4.69, 9.17) is 0 Å². The molecule has 6 nitrogen and oxygen atoms in total. The van der Waals surface area contributed by atoms with Crippen molar-refractivity contribution in [2.24, 2.45) is 5.41 Å². The summed E-state index contributed by atoms with van der Waals surface area (Å²) in [5.41, 5.74) is 3.90. The number of hydrogen-bond acceptors (Lipinski definition) is 4. The molecular formula is C22H27N3O3. The summed E-state index contributed by atoms with van der Waals surface area (Å²) in [5, 5.41) is 9.24. The summed E-state index contributed by atoms with van der Waals surface area (Å²) in [5.74, 6) is -0.372. The topological polar surface area (TPSA) is 74.6 Å². The second-order valence-corrected chi connectivity index (χ2v) is 7.51. The highest BCUT2D eigenvalue weighted by Gasteiger charge is 2.41. The molecule has 1 aliphatic rings. The van der Waals surface area contributed by atoms with Gasteiger partial charge in [-0.2, -0.15) is 0 Å². The average Bonchev–Trinajstić information content (AvgIpc) is 2.73. The molecule has 0 bridgehead atoms. The Hall–Kier alpha value is -2.86. The van der Waals surface area contributed by atoms with Gasteiger partial charge >= 0.3 is 0 Å². The highest BCUT2D eigenvalue weighted by Crippen LogP contribution is 2.36. The molecule has 1 aliphatic heterocycles. The van der Waals surface area contributed by atoms with Crippen LogP contribution in [0.2, 0.25) is 0 Å². The van der Waals surface area contributed by atoms with Crippen molar-refractivity contribution in [2.75, 3.05) is 13.1 Å². The number of allylic oxidation sites excluding steroid dienone is 1. The third kappa shape index (κ3) is 4.17. The molecule has 6 heteroatoms. The van der Waals surface area contributed by atoms with E-state index in [1.165, 1.54) is 0 Å². The average molecular weight is 381 g/mol. The number of carbonyl (C=O) groups excluding carboxylic acids is 1. The van der Waals surface area contributed by atoms with Crippen LogP contribution in [0.4, 0.5) is 0 Å². The minimum Gasteiger partial charge on any atom is -0.375 e. The Morgan fingerprint density at radius 3 is 2.43 bits per heavy atom. The zero-order valence-electron chi connectivity index (χ0n) is 16.2. The molecule has 2 N–H and O–H groups in total. The standard InChI is InChI=1S/C22H27N3O3/c1-17(2)24-13-9-22(10-14-24,21(27)23-28)11-15-25-12-8-19(16-20(25)26)18-6-4-3-5-7-18/h3-8,12,16,28H,1,9-11,13-15H2,2H3,(H,23,27). The van der Waals surface area contributed by atoms with Crippen molar-refractivity contribution in [1.82, 2.24) is 14.9 Å². The van der Waals surface area contributed by atoms with E-state index in [0.29, 0.717) is 38.9 Å². The molecule has 0 aliphatic carbocycles. The number of nitrogens with one attached hydrogen (secondary N) is 1. The second-order valence-electron chi connectivity index (χ2n) is 7.51. The molecule has 1 fully saturated rings. The van der Waals surface area contributed by atoms with Crippen LogP contribution in [0.3, 0.4) is 0 Å². The first-order valence-corrected chi connectivity index (χ1v) is 9.56. The second kappa shape index (κ2) is 8.44. The van der Waals surface area contributed by atoms with E-state index in [2.05, 4.69) is 11.5 Å². The highest BCUT2D eigenvalue weighted by atomic mass is 16.5. The van der Waals surface area contributed by atoms with E-state index in [1.807, 2.05) is 48.8 Å². The van der Waals surface area contributed by atoms with Crippen LogP contribution in [0.5, 0.6) is 0 Å². The van der Waals surface area contributed by atoms with Gasteiger partial charge in [-0.05, 0) is 43.4 Å². The van der Waals surface area contributed by atoms with Crippen molar-refractivity contribution < 1.29 is 10.0 Å². The van der Waals surface area contributed by atoms with Crippen LogP contribution in [0.15, 0.2) is 65.7 Å². The molecule has 0 atom stereocenters. The highest BCUT2D eigenvalue weighted by molar-refractivity contribution is 5.81. The van der Waals surface area contributed by atoms with Gasteiger partial charge in [-0.25, -0.2) is 5.48 Å². The number of aryl methyl sites for hydroxylation is 1. The molecule has 148 valence electrons. The van der Waals surface area contributed by atoms with Crippen molar-refractivity contribution >= 4 is 5.91 Å². The van der Waals surface area contributed by atoms with E-state index >= 15 is 0 Å². The number of hydrogen-bond donors (Lipinski definition) is 2. The lowest BCUT2D eigenvalue weighted by atomic mass is 9.74. The van der Waals surface area contributed by atoms with E-state index in [0.717, 1.165) is 16.8 Å². The smallest absolute Gasteiger partial charge is 0.251 e. The van der Waals surface area contributed by atoms with Crippen LogP contribution >= 0.6 is 0 Å². The van der Waals surface area contributed by atoms with Crippen molar-refractivity contribution in [1.29, 1.82) is 0 Å². The van der Waals surface area contributed by atoms with Crippen LogP contribution in [0.25, 0.3) is 11.1 Å². The Kier molecular flexibility index (Phi) is 5.99. The molecule has 0 saturated carbocycles. The number of rotatable bonds is 6. The number of pyridine rings is 1. The summed E-state index contributed by atoms with van der Waals surface area (Å²) in [7, 11) is 0. The van der Waals surface area contributed by atoms with E-state index in [1.54, 1.807) is 16.8 Å². The number of amides is 1. The monoisotopic (exact) mass is 381 g/mol. The first-order chi connectivity index (χ1) is 13.4. The van der Waals surface area contributed by atoms with Crippen LogP contribution in [0, 0.1) is 5.41 Å². The Labute approximate surface area is 165 Å². The number of carbonyl (C=O) groups is 1. The molecule has 0 spiro atoms. The first-order valence-electron chi connectivity index (χ1n) is 9.56. The van der Waals surface area contributed by atoms with Crippen LogP contribution in [0.1, 0.15) is 26.2 Å². The Bertz CT molecular complexity index is 897. The summed E-state index contributed by atoms with van der Waals surface area (Å²) in [6.45, 7) is 7.76. The van der Waals surface area contributed by atoms with Gasteiger partial charge in [0.1, 0.15) is 0 Å². The molecule has 1 aromatic heterocycles. The lowest BCUT2D eigenvalue weighted by Crippen LogP contribution is -2.48. The Morgan fingerprint density at radius 1 is 1.18 bits per heavy atom. The molecule has 28 heavy (non-hydrogen) atoms. The van der Waals surface area contributed by atoms with Gasteiger partial charge in [0.2, 0.25) is 5.91 Å². The van der Waals surface area contributed by atoms with Crippen molar-refractivity contribution in [3.05, 3.63) is 71.3 Å². The van der Waals surface area contributed by atoms with Gasteiger partial charge in [-0.15, -0.1) is 0 Å². The third-order valence-electron chi connectivity index (χ3n) is 5.78. The minimum absolute atomic E-state index is 0.0970. The predicted molar refractivity (Wildman–Crippen MR) is 109 cm³/mol. The maximum atomic E-state index is 12.6. The van der Waals surface area contributed by atoms with Gasteiger partial charge in [0.15, 0.2) is 0 Å². The summed E-state index contributed by atoms with van der Waals surface area (Å²) in [6.07, 6.45) is 3.50. The molecule has 2 aromatic rings. The SMILES string of the molecule is C=C(C)N1CCC(CCn2ccc(-c3ccccc3)cc2=O)(C(=O)NO)CC1. The fourth-order valence-electron chi connectivity index (χ4n) is 3.86. The maximum Gasteiger partial charge on any atom is 0.251 e. The van der Waals surface area contributed by atoms with Gasteiger partial charge in [0.05, 0.1) is 5.41 Å². The van der Waals surface area contributed by atoms with Gasteiger partial charge < -0.3 is 9.47 Å². The van der Waals surface area contributed by atoms with E-state index < -0.39 is 5.41 Å². The quantitative estimate of drug-likeness (QED) is 0.596. The Morgan fingerprint density at radius 2 is 1.86 bits per heavy atom. The molecule has 0 radical (unpaired) electrons. The zero-order valence-corrected chi connectivity index (χ0v) is 16.2. The van der Waals surface area contributed by atoms with Gasteiger partial charge in [-0.1, -0.05) is 36.9 Å². The zero-order chi connectivity index (χ0) is 20.1. The van der Waals surface area contributed by atoms with Crippen molar-refractivity contribution in [3.63, 3.8) is 0 Å². The predicted octanol–water partition coefficient (Wildman–Crippen LogP) is 3.03. The number of aromatic nitrogens is 1. The molecular weight excluding hydrogens is 354 g/mol. The van der Waals surface area contributed by atoms with E-state index in [9.17, 15) is 14.8 Å². The number of piperidine rings is 1. The fraction of sp³-hybridized carbons (Fsp3) is 0.364. The molecule has 0 unspecified atom stereocenters. The molecule has 1 aromatic carbocycles. The number of nitrogens with zero attached hydrogens (tertiary/aromatic N) is 2. The lowest BCUT2D eigenvalue weighted by molar-refractivity contribution is -0.143. The molecule has 1 saturated heterocycles.